The second kappa shape index (κ2) is 10.5. The van der Waals surface area contributed by atoms with Crippen molar-refractivity contribution in [1.82, 2.24) is 0 Å². The molecule has 3 aromatic rings. The number of ether oxygens (including phenoxy) is 2. The molecule has 0 atom stereocenters. The minimum Gasteiger partial charge on any atom is -0.490 e. The van der Waals surface area contributed by atoms with Gasteiger partial charge >= 0.3 is 0 Å². The molecule has 0 unspecified atom stereocenters. The highest BCUT2D eigenvalue weighted by Crippen LogP contribution is 2.31. The van der Waals surface area contributed by atoms with Gasteiger partial charge in [-0.25, -0.2) is 0 Å². The molecular weight excluding hydrogens is 426 g/mol. The van der Waals surface area contributed by atoms with Crippen molar-refractivity contribution in [2.24, 2.45) is 0 Å². The van der Waals surface area contributed by atoms with E-state index in [-0.39, 0.29) is 23.6 Å². The van der Waals surface area contributed by atoms with Crippen molar-refractivity contribution in [3.05, 3.63) is 104 Å². The van der Waals surface area contributed by atoms with E-state index in [2.05, 4.69) is 6.07 Å². The molecule has 3 aromatic carbocycles. The van der Waals surface area contributed by atoms with Crippen LogP contribution in [0, 0.1) is 31.6 Å². The number of allylic oxidation sites excluding steroid dienone is 1. The van der Waals surface area contributed by atoms with E-state index in [1.165, 1.54) is 30.3 Å². The van der Waals surface area contributed by atoms with E-state index in [0.29, 0.717) is 29.2 Å². The van der Waals surface area contributed by atoms with E-state index in [1.807, 2.05) is 6.92 Å². The van der Waals surface area contributed by atoms with Crippen LogP contribution in [-0.2, 0) is 6.61 Å². The highest BCUT2D eigenvalue weighted by Gasteiger charge is 2.11. The number of nitro groups is 2. The Hall–Kier alpha value is -4.71. The van der Waals surface area contributed by atoms with Crippen LogP contribution in [-0.4, -0.2) is 16.5 Å². The predicted molar refractivity (Wildman–Crippen MR) is 122 cm³/mol. The Morgan fingerprint density at radius 3 is 2.30 bits per heavy atom. The Kier molecular flexibility index (Phi) is 7.34. The first-order chi connectivity index (χ1) is 15.9. The predicted octanol–water partition coefficient (Wildman–Crippen LogP) is 5.54. The zero-order chi connectivity index (χ0) is 23.8. The van der Waals surface area contributed by atoms with E-state index in [4.69, 9.17) is 9.47 Å². The zero-order valence-electron chi connectivity index (χ0n) is 17.6. The van der Waals surface area contributed by atoms with Gasteiger partial charge < -0.3 is 9.47 Å². The van der Waals surface area contributed by atoms with Gasteiger partial charge in [-0.2, -0.15) is 5.26 Å². The first kappa shape index (κ1) is 23.0. The first-order valence-electron chi connectivity index (χ1n) is 9.91. The maximum Gasteiger partial charge on any atom is 0.270 e. The quantitative estimate of drug-likeness (QED) is 0.183. The maximum absolute atomic E-state index is 11.0. The molecule has 0 heterocycles. The van der Waals surface area contributed by atoms with Gasteiger partial charge in [0.05, 0.1) is 28.1 Å². The molecule has 0 radical (unpaired) electrons. The fourth-order valence-corrected chi connectivity index (χ4v) is 3.01. The molecule has 0 spiro atoms. The molecule has 0 aliphatic rings. The molecule has 0 aromatic heterocycles. The van der Waals surface area contributed by atoms with Crippen molar-refractivity contribution >= 4 is 23.0 Å². The molecule has 9 nitrogen and oxygen atoms in total. The number of hydrogen-bond acceptors (Lipinski definition) is 7. The summed E-state index contributed by atoms with van der Waals surface area (Å²) in [4.78, 5) is 20.8. The van der Waals surface area contributed by atoms with Crippen LogP contribution in [0.4, 0.5) is 11.4 Å². The molecule has 0 aliphatic heterocycles. The average Bonchev–Trinajstić information content (AvgIpc) is 2.82. The summed E-state index contributed by atoms with van der Waals surface area (Å²) in [6.45, 7) is 2.40. The number of rotatable bonds is 9. The normalized spacial score (nSPS) is 10.8. The summed E-state index contributed by atoms with van der Waals surface area (Å²) in [5.74, 6) is 0.936. The van der Waals surface area contributed by atoms with Crippen molar-refractivity contribution in [2.75, 3.05) is 6.61 Å². The lowest BCUT2D eigenvalue weighted by Gasteiger charge is -2.13. The van der Waals surface area contributed by atoms with Crippen molar-refractivity contribution in [3.8, 4) is 17.6 Å². The number of nitro benzene ring substituents is 2. The summed E-state index contributed by atoms with van der Waals surface area (Å²) in [7, 11) is 0. The molecule has 9 heteroatoms. The molecule has 0 fully saturated rings. The summed E-state index contributed by atoms with van der Waals surface area (Å²) in [5, 5.41) is 31.4. The van der Waals surface area contributed by atoms with E-state index in [9.17, 15) is 25.5 Å². The Labute approximate surface area is 189 Å². The summed E-state index contributed by atoms with van der Waals surface area (Å²) in [6, 6.07) is 19.2. The molecular formula is C24H19N3O6. The fourth-order valence-electron chi connectivity index (χ4n) is 3.01. The third-order valence-corrected chi connectivity index (χ3v) is 4.61. The second-order valence-electron chi connectivity index (χ2n) is 6.83. The van der Waals surface area contributed by atoms with Crippen LogP contribution in [0.15, 0.2) is 66.7 Å². The van der Waals surface area contributed by atoms with Gasteiger partial charge in [0, 0.05) is 24.3 Å². The SMILES string of the molecule is CCOc1cc(C=C(C#N)c2cccc([N+](=O)[O-])c2)ccc1OCc1ccc([N+](=O)[O-])cc1. The second-order valence-corrected chi connectivity index (χ2v) is 6.83. The van der Waals surface area contributed by atoms with Crippen molar-refractivity contribution in [3.63, 3.8) is 0 Å². The lowest BCUT2D eigenvalue weighted by Crippen LogP contribution is -2.00. The monoisotopic (exact) mass is 445 g/mol. The van der Waals surface area contributed by atoms with Gasteiger partial charge in [0.2, 0.25) is 0 Å². The minimum atomic E-state index is -0.511. The van der Waals surface area contributed by atoms with Crippen molar-refractivity contribution in [1.29, 1.82) is 5.26 Å². The van der Waals surface area contributed by atoms with Crippen LogP contribution in [0.1, 0.15) is 23.6 Å². The molecule has 33 heavy (non-hydrogen) atoms. The molecule has 0 aliphatic carbocycles. The molecule has 0 saturated carbocycles. The van der Waals surface area contributed by atoms with Gasteiger partial charge in [0.1, 0.15) is 6.61 Å². The van der Waals surface area contributed by atoms with Crippen LogP contribution in [0.5, 0.6) is 11.5 Å². The van der Waals surface area contributed by atoms with E-state index in [1.54, 1.807) is 42.5 Å². The van der Waals surface area contributed by atoms with Crippen LogP contribution in [0.25, 0.3) is 11.6 Å². The smallest absolute Gasteiger partial charge is 0.270 e. The Morgan fingerprint density at radius 1 is 0.939 bits per heavy atom. The molecule has 0 saturated heterocycles. The average molecular weight is 445 g/mol. The third kappa shape index (κ3) is 5.92. The number of benzene rings is 3. The fraction of sp³-hybridized carbons (Fsp3) is 0.125. The van der Waals surface area contributed by atoms with Gasteiger partial charge in [0.15, 0.2) is 11.5 Å². The van der Waals surface area contributed by atoms with Gasteiger partial charge in [0.25, 0.3) is 11.4 Å². The van der Waals surface area contributed by atoms with E-state index >= 15 is 0 Å². The first-order valence-corrected chi connectivity index (χ1v) is 9.91. The van der Waals surface area contributed by atoms with Gasteiger partial charge in [-0.05, 0) is 54.0 Å². The Bertz CT molecular complexity index is 1250. The molecule has 0 amide bonds. The molecule has 0 N–H and O–H groups in total. The highest BCUT2D eigenvalue weighted by atomic mass is 16.6. The molecule has 3 rings (SSSR count). The standard InChI is InChI=1S/C24H19N3O6/c1-2-32-24-13-18(12-20(15-25)19-4-3-5-22(14-19)27(30)31)8-11-23(24)33-16-17-6-9-21(10-7-17)26(28)29/h3-14H,2,16H2,1H3. The lowest BCUT2D eigenvalue weighted by molar-refractivity contribution is -0.385. The van der Waals surface area contributed by atoms with Gasteiger partial charge in [-0.15, -0.1) is 0 Å². The van der Waals surface area contributed by atoms with Crippen LogP contribution in [0.3, 0.4) is 0 Å². The van der Waals surface area contributed by atoms with Crippen LogP contribution >= 0.6 is 0 Å². The van der Waals surface area contributed by atoms with E-state index in [0.717, 1.165) is 5.56 Å². The Balaban J connectivity index is 1.83. The van der Waals surface area contributed by atoms with Crippen molar-refractivity contribution < 1.29 is 19.3 Å². The summed E-state index contributed by atoms with van der Waals surface area (Å²) in [5.41, 5.74) is 2.01. The topological polar surface area (TPSA) is 129 Å². The lowest BCUT2D eigenvalue weighted by atomic mass is 10.0. The minimum absolute atomic E-state index is 0.00180. The van der Waals surface area contributed by atoms with Crippen LogP contribution < -0.4 is 9.47 Å². The van der Waals surface area contributed by atoms with Crippen molar-refractivity contribution in [2.45, 2.75) is 13.5 Å². The molecule has 0 bridgehead atoms. The highest BCUT2D eigenvalue weighted by molar-refractivity contribution is 5.90. The third-order valence-electron chi connectivity index (χ3n) is 4.61. The zero-order valence-corrected chi connectivity index (χ0v) is 17.6. The van der Waals surface area contributed by atoms with E-state index < -0.39 is 9.85 Å². The maximum atomic E-state index is 11.0. The summed E-state index contributed by atoms with van der Waals surface area (Å²) >= 11 is 0. The number of nitrogens with zero attached hydrogens (tertiary/aromatic N) is 3. The number of non-ortho nitro benzene ring substituents is 2. The Morgan fingerprint density at radius 2 is 1.67 bits per heavy atom. The van der Waals surface area contributed by atoms with Gasteiger partial charge in [-0.1, -0.05) is 18.2 Å². The van der Waals surface area contributed by atoms with Gasteiger partial charge in [-0.3, -0.25) is 20.2 Å². The number of hydrogen-bond donors (Lipinski definition) is 0. The number of nitriles is 1. The molecule has 166 valence electrons. The summed E-state index contributed by atoms with van der Waals surface area (Å²) < 4.78 is 11.5. The summed E-state index contributed by atoms with van der Waals surface area (Å²) in [6.07, 6.45) is 1.61. The van der Waals surface area contributed by atoms with Crippen LogP contribution in [0.2, 0.25) is 0 Å². The largest absolute Gasteiger partial charge is 0.490 e.